The summed E-state index contributed by atoms with van der Waals surface area (Å²) in [6.45, 7) is 0.738. The van der Waals surface area contributed by atoms with Crippen LogP contribution >= 0.6 is 11.6 Å². The molecule has 5 nitrogen and oxygen atoms in total. The Hall–Kier alpha value is -1.59. The van der Waals surface area contributed by atoms with Crippen LogP contribution < -0.4 is 0 Å². The summed E-state index contributed by atoms with van der Waals surface area (Å²) >= 11 is 6.08. The predicted octanol–water partition coefficient (Wildman–Crippen LogP) is 3.37. The molecule has 3 atom stereocenters. The van der Waals surface area contributed by atoms with Gasteiger partial charge in [0.2, 0.25) is 0 Å². The highest BCUT2D eigenvalue weighted by molar-refractivity contribution is 6.31. The van der Waals surface area contributed by atoms with E-state index < -0.39 is 0 Å². The third-order valence-corrected chi connectivity index (χ3v) is 5.80. The Morgan fingerprint density at radius 1 is 1.25 bits per heavy atom. The summed E-state index contributed by atoms with van der Waals surface area (Å²) in [6, 6.07) is 5.54. The van der Waals surface area contributed by atoms with E-state index in [0.29, 0.717) is 10.7 Å². The Kier molecular flexibility index (Phi) is 4.22. The normalized spacial score (nSPS) is 27.8. The monoisotopic (exact) mass is 347 g/mol. The second kappa shape index (κ2) is 6.37. The van der Waals surface area contributed by atoms with Crippen LogP contribution in [0.2, 0.25) is 5.02 Å². The molecule has 1 saturated carbocycles. The number of likely N-dealkylation sites (tertiary alicyclic amines) is 1. The van der Waals surface area contributed by atoms with Crippen LogP contribution in [-0.4, -0.2) is 44.8 Å². The largest absolute Gasteiger partial charge is 0.393 e. The van der Waals surface area contributed by atoms with Crippen LogP contribution in [0.3, 0.4) is 0 Å². The first kappa shape index (κ1) is 15.9. The summed E-state index contributed by atoms with van der Waals surface area (Å²) in [7, 11) is 0. The average molecular weight is 348 g/mol. The fraction of sp³-hybridized carbons (Fsp3) is 0.556. The number of rotatable bonds is 2. The van der Waals surface area contributed by atoms with Gasteiger partial charge >= 0.3 is 0 Å². The third kappa shape index (κ3) is 2.70. The van der Waals surface area contributed by atoms with Gasteiger partial charge in [-0.05, 0) is 43.9 Å². The summed E-state index contributed by atoms with van der Waals surface area (Å²) in [5, 5.41) is 18.9. The smallest absolute Gasteiger partial charge is 0.275 e. The van der Waals surface area contributed by atoms with E-state index in [-0.39, 0.29) is 24.0 Å². The van der Waals surface area contributed by atoms with Crippen molar-refractivity contribution in [3.8, 4) is 0 Å². The van der Waals surface area contributed by atoms with Crippen LogP contribution in [-0.2, 0) is 0 Å². The number of halogens is 1. The number of benzene rings is 1. The number of aliphatic hydroxyl groups excluding tert-OH is 1. The molecular weight excluding hydrogens is 326 g/mol. The van der Waals surface area contributed by atoms with Gasteiger partial charge in [-0.1, -0.05) is 24.4 Å². The molecule has 2 aliphatic rings. The van der Waals surface area contributed by atoms with E-state index in [0.717, 1.165) is 56.0 Å². The number of aromatic amines is 1. The lowest BCUT2D eigenvalue weighted by Gasteiger charge is -2.37. The number of carbonyl (C=O) groups is 1. The Labute approximate surface area is 146 Å². The SMILES string of the molecule is O=C(c1n[nH]c2ccc(Cl)cc12)N1CCCC1C1CCCCC1O. The van der Waals surface area contributed by atoms with E-state index in [9.17, 15) is 9.90 Å². The summed E-state index contributed by atoms with van der Waals surface area (Å²) < 4.78 is 0. The van der Waals surface area contributed by atoms with Gasteiger partial charge in [-0.15, -0.1) is 0 Å². The van der Waals surface area contributed by atoms with Gasteiger partial charge in [-0.3, -0.25) is 9.89 Å². The standard InChI is InChI=1S/C18H22ClN3O2/c19-11-7-8-14-13(10-11)17(21-20-14)18(24)22-9-3-5-15(22)12-4-1-2-6-16(12)23/h7-8,10,12,15-16,23H,1-6,9H2,(H,20,21). The lowest BCUT2D eigenvalue weighted by Crippen LogP contribution is -2.45. The fourth-order valence-electron chi connectivity index (χ4n) is 4.36. The molecule has 2 fully saturated rings. The van der Waals surface area contributed by atoms with Crippen LogP contribution in [0.15, 0.2) is 18.2 Å². The lowest BCUT2D eigenvalue weighted by molar-refractivity contribution is 0.0210. The molecule has 2 heterocycles. The first-order valence-electron chi connectivity index (χ1n) is 8.78. The van der Waals surface area contributed by atoms with Gasteiger partial charge in [0.1, 0.15) is 0 Å². The van der Waals surface area contributed by atoms with Gasteiger partial charge in [0.05, 0.1) is 11.6 Å². The zero-order valence-electron chi connectivity index (χ0n) is 13.5. The quantitative estimate of drug-likeness (QED) is 0.875. The number of hydrogen-bond donors (Lipinski definition) is 2. The minimum Gasteiger partial charge on any atom is -0.393 e. The molecular formula is C18H22ClN3O2. The van der Waals surface area contributed by atoms with Gasteiger partial charge in [-0.25, -0.2) is 0 Å². The van der Waals surface area contributed by atoms with E-state index in [1.165, 1.54) is 0 Å². The van der Waals surface area contributed by atoms with E-state index in [4.69, 9.17) is 11.6 Å². The van der Waals surface area contributed by atoms with Gasteiger partial charge in [0.15, 0.2) is 5.69 Å². The predicted molar refractivity (Wildman–Crippen MR) is 93.1 cm³/mol. The van der Waals surface area contributed by atoms with E-state index in [1.807, 2.05) is 11.0 Å². The van der Waals surface area contributed by atoms with E-state index >= 15 is 0 Å². The molecule has 1 saturated heterocycles. The first-order chi connectivity index (χ1) is 11.6. The Balaban J connectivity index is 1.63. The fourth-order valence-corrected chi connectivity index (χ4v) is 4.54. The number of hydrogen-bond acceptors (Lipinski definition) is 3. The summed E-state index contributed by atoms with van der Waals surface area (Å²) in [4.78, 5) is 15.0. The van der Waals surface area contributed by atoms with E-state index in [2.05, 4.69) is 10.2 Å². The Bertz CT molecular complexity index is 760. The van der Waals surface area contributed by atoms with Crippen LogP contribution in [0.25, 0.3) is 10.9 Å². The minimum absolute atomic E-state index is 0.0520. The number of nitrogens with zero attached hydrogens (tertiary/aromatic N) is 2. The summed E-state index contributed by atoms with van der Waals surface area (Å²) in [6.07, 6.45) is 5.75. The highest BCUT2D eigenvalue weighted by Crippen LogP contribution is 2.35. The minimum atomic E-state index is -0.289. The molecule has 1 amide bonds. The molecule has 0 bridgehead atoms. The maximum absolute atomic E-state index is 13.1. The average Bonchev–Trinajstić information content (AvgIpc) is 3.21. The molecule has 1 aliphatic carbocycles. The number of carbonyl (C=O) groups excluding carboxylic acids is 1. The summed E-state index contributed by atoms with van der Waals surface area (Å²) in [5.41, 5.74) is 1.25. The second-order valence-electron chi connectivity index (χ2n) is 6.99. The van der Waals surface area contributed by atoms with Crippen LogP contribution in [0.5, 0.6) is 0 Å². The van der Waals surface area contributed by atoms with Gasteiger partial charge in [0.25, 0.3) is 5.91 Å². The van der Waals surface area contributed by atoms with Crippen molar-refractivity contribution in [2.45, 2.75) is 50.7 Å². The Morgan fingerprint density at radius 2 is 2.08 bits per heavy atom. The third-order valence-electron chi connectivity index (χ3n) is 5.56. The van der Waals surface area contributed by atoms with Gasteiger partial charge in [0, 0.05) is 28.9 Å². The number of aromatic nitrogens is 2. The molecule has 6 heteroatoms. The maximum atomic E-state index is 13.1. The highest BCUT2D eigenvalue weighted by Gasteiger charge is 2.40. The molecule has 1 aromatic carbocycles. The van der Waals surface area contributed by atoms with Crippen molar-refractivity contribution in [2.24, 2.45) is 5.92 Å². The second-order valence-corrected chi connectivity index (χ2v) is 7.42. The molecule has 0 spiro atoms. The molecule has 2 aromatic rings. The topological polar surface area (TPSA) is 69.2 Å². The highest BCUT2D eigenvalue weighted by atomic mass is 35.5. The molecule has 1 aromatic heterocycles. The molecule has 128 valence electrons. The van der Waals surface area contributed by atoms with Crippen molar-refractivity contribution in [1.82, 2.24) is 15.1 Å². The lowest BCUT2D eigenvalue weighted by atomic mass is 9.80. The molecule has 3 unspecified atom stereocenters. The Morgan fingerprint density at radius 3 is 2.92 bits per heavy atom. The summed E-state index contributed by atoms with van der Waals surface area (Å²) in [5.74, 6) is 0.141. The molecule has 4 rings (SSSR count). The van der Waals surface area contributed by atoms with Crippen LogP contribution in [0.1, 0.15) is 49.0 Å². The number of nitrogens with one attached hydrogen (secondary N) is 1. The number of H-pyrrole nitrogens is 1. The first-order valence-corrected chi connectivity index (χ1v) is 9.15. The zero-order valence-corrected chi connectivity index (χ0v) is 14.3. The van der Waals surface area contributed by atoms with Crippen molar-refractivity contribution in [3.05, 3.63) is 28.9 Å². The van der Waals surface area contributed by atoms with Crippen molar-refractivity contribution in [1.29, 1.82) is 0 Å². The van der Waals surface area contributed by atoms with Crippen LogP contribution in [0.4, 0.5) is 0 Å². The van der Waals surface area contributed by atoms with Crippen LogP contribution in [0, 0.1) is 5.92 Å². The zero-order chi connectivity index (χ0) is 16.7. The number of amides is 1. The van der Waals surface area contributed by atoms with Gasteiger partial charge < -0.3 is 10.0 Å². The molecule has 24 heavy (non-hydrogen) atoms. The van der Waals surface area contributed by atoms with Crippen molar-refractivity contribution in [2.75, 3.05) is 6.54 Å². The van der Waals surface area contributed by atoms with Crippen molar-refractivity contribution >= 4 is 28.4 Å². The van der Waals surface area contributed by atoms with Crippen molar-refractivity contribution < 1.29 is 9.90 Å². The van der Waals surface area contributed by atoms with Gasteiger partial charge in [-0.2, -0.15) is 5.10 Å². The maximum Gasteiger partial charge on any atom is 0.275 e. The molecule has 0 radical (unpaired) electrons. The van der Waals surface area contributed by atoms with E-state index in [1.54, 1.807) is 12.1 Å². The molecule has 2 N–H and O–H groups in total. The number of fused-ring (bicyclic) bond motifs is 1. The number of aliphatic hydroxyl groups is 1. The van der Waals surface area contributed by atoms with Crippen molar-refractivity contribution in [3.63, 3.8) is 0 Å². The molecule has 1 aliphatic heterocycles.